The number of benzene rings is 3. The molecule has 0 aliphatic heterocycles. The lowest BCUT2D eigenvalue weighted by atomic mass is 10.2. The van der Waals surface area contributed by atoms with Crippen LogP contribution in [0.15, 0.2) is 77.7 Å². The molecule has 0 heterocycles. The van der Waals surface area contributed by atoms with E-state index in [0.717, 1.165) is 9.87 Å². The number of aryl methyl sites for hydroxylation is 1. The molecule has 0 radical (unpaired) electrons. The van der Waals surface area contributed by atoms with Crippen LogP contribution in [0.25, 0.3) is 0 Å². The molecule has 0 saturated carbocycles. The fourth-order valence-corrected chi connectivity index (χ4v) is 4.50. The predicted molar refractivity (Wildman–Crippen MR) is 117 cm³/mol. The van der Waals surface area contributed by atoms with Gasteiger partial charge < -0.3 is 5.32 Å². The second kappa shape index (κ2) is 8.68. The third kappa shape index (κ3) is 4.78. The Bertz CT molecular complexity index is 1110. The molecule has 1 amide bonds. The first-order valence-corrected chi connectivity index (χ1v) is 10.8. The first-order chi connectivity index (χ1) is 13.8. The van der Waals surface area contributed by atoms with Crippen LogP contribution < -0.4 is 9.62 Å². The summed E-state index contributed by atoms with van der Waals surface area (Å²) in [7, 11) is -3.98. The lowest BCUT2D eigenvalue weighted by Crippen LogP contribution is -2.38. The summed E-state index contributed by atoms with van der Waals surface area (Å²) in [5.74, 6) is -0.453. The highest BCUT2D eigenvalue weighted by atomic mass is 35.5. The van der Waals surface area contributed by atoms with Crippen LogP contribution in [0.1, 0.15) is 11.1 Å². The number of sulfonamides is 1. The van der Waals surface area contributed by atoms with Gasteiger partial charge in [-0.3, -0.25) is 9.10 Å². The quantitative estimate of drug-likeness (QED) is 0.613. The zero-order valence-electron chi connectivity index (χ0n) is 16.1. The smallest absolute Gasteiger partial charge is 0.264 e. The van der Waals surface area contributed by atoms with Gasteiger partial charge in [-0.25, -0.2) is 8.42 Å². The molecule has 0 bridgehead atoms. The number of hydrogen-bond donors (Lipinski definition) is 1. The molecular weight excluding hydrogens is 408 g/mol. The molecule has 0 aliphatic rings. The molecule has 0 unspecified atom stereocenters. The summed E-state index contributed by atoms with van der Waals surface area (Å²) in [6.45, 7) is 3.22. The number of carbonyl (C=O) groups excluding carboxylic acids is 1. The summed E-state index contributed by atoms with van der Waals surface area (Å²) in [4.78, 5) is 12.8. The van der Waals surface area contributed by atoms with Gasteiger partial charge in [0.2, 0.25) is 5.91 Å². The Morgan fingerprint density at radius 3 is 2.24 bits per heavy atom. The molecule has 0 saturated heterocycles. The van der Waals surface area contributed by atoms with E-state index in [-0.39, 0.29) is 11.4 Å². The molecule has 0 aliphatic carbocycles. The number of amides is 1. The molecule has 1 N–H and O–H groups in total. The monoisotopic (exact) mass is 428 g/mol. The van der Waals surface area contributed by atoms with Crippen LogP contribution in [0.3, 0.4) is 0 Å². The van der Waals surface area contributed by atoms with Crippen LogP contribution in [0.5, 0.6) is 0 Å². The first kappa shape index (κ1) is 20.9. The summed E-state index contributed by atoms with van der Waals surface area (Å²) in [6.07, 6.45) is 0. The second-order valence-electron chi connectivity index (χ2n) is 6.62. The number of nitrogens with zero attached hydrogens (tertiary/aromatic N) is 1. The summed E-state index contributed by atoms with van der Waals surface area (Å²) in [5.41, 5.74) is 2.47. The van der Waals surface area contributed by atoms with Gasteiger partial charge in [-0.2, -0.15) is 0 Å². The molecule has 0 fully saturated rings. The molecule has 3 aromatic rings. The first-order valence-electron chi connectivity index (χ1n) is 8.98. The minimum absolute atomic E-state index is 0.106. The van der Waals surface area contributed by atoms with Crippen molar-refractivity contribution in [3.05, 3.63) is 88.9 Å². The second-order valence-corrected chi connectivity index (χ2v) is 8.89. The Morgan fingerprint density at radius 1 is 0.931 bits per heavy atom. The van der Waals surface area contributed by atoms with Crippen LogP contribution in [-0.2, 0) is 14.8 Å². The van der Waals surface area contributed by atoms with Crippen molar-refractivity contribution < 1.29 is 13.2 Å². The average Bonchev–Trinajstić information content (AvgIpc) is 2.69. The van der Waals surface area contributed by atoms with Gasteiger partial charge in [-0.1, -0.05) is 53.6 Å². The van der Waals surface area contributed by atoms with E-state index in [9.17, 15) is 13.2 Å². The molecule has 5 nitrogen and oxygen atoms in total. The normalized spacial score (nSPS) is 11.1. The van der Waals surface area contributed by atoms with Crippen molar-refractivity contribution in [1.29, 1.82) is 0 Å². The SMILES string of the molecule is Cc1ccc(S(=O)(=O)N(CC(=O)Nc2ccccc2)c2cccc(Cl)c2C)cc1. The van der Waals surface area contributed by atoms with Gasteiger partial charge >= 0.3 is 0 Å². The highest BCUT2D eigenvalue weighted by molar-refractivity contribution is 7.92. The number of carbonyl (C=O) groups is 1. The van der Waals surface area contributed by atoms with Crippen LogP contribution in [-0.4, -0.2) is 20.9 Å². The standard InChI is InChI=1S/C22H21ClN2O3S/c1-16-11-13-19(14-12-16)29(27,28)25(21-10-6-9-20(23)17(21)2)15-22(26)24-18-7-4-3-5-8-18/h3-14H,15H2,1-2H3,(H,24,26). The number of para-hydroxylation sites is 1. The van der Waals surface area contributed by atoms with E-state index < -0.39 is 15.9 Å². The number of nitrogens with one attached hydrogen (secondary N) is 1. The van der Waals surface area contributed by atoms with E-state index in [0.29, 0.717) is 22.0 Å². The van der Waals surface area contributed by atoms with Crippen molar-refractivity contribution in [3.63, 3.8) is 0 Å². The van der Waals surface area contributed by atoms with Crippen LogP contribution in [0.2, 0.25) is 5.02 Å². The van der Waals surface area contributed by atoms with E-state index >= 15 is 0 Å². The third-order valence-electron chi connectivity index (χ3n) is 4.46. The van der Waals surface area contributed by atoms with Crippen LogP contribution >= 0.6 is 11.6 Å². The zero-order valence-corrected chi connectivity index (χ0v) is 17.7. The molecule has 7 heteroatoms. The van der Waals surface area contributed by atoms with Crippen molar-refractivity contribution in [1.82, 2.24) is 0 Å². The van der Waals surface area contributed by atoms with Crippen molar-refractivity contribution in [2.75, 3.05) is 16.2 Å². The van der Waals surface area contributed by atoms with E-state index in [2.05, 4.69) is 5.32 Å². The molecule has 150 valence electrons. The maximum atomic E-state index is 13.4. The Labute approximate surface area is 176 Å². The molecule has 3 aromatic carbocycles. The minimum Gasteiger partial charge on any atom is -0.325 e. The van der Waals surface area contributed by atoms with Crippen LogP contribution in [0.4, 0.5) is 11.4 Å². The van der Waals surface area contributed by atoms with Crippen molar-refractivity contribution >= 4 is 38.9 Å². The van der Waals surface area contributed by atoms with Gasteiger partial charge in [-0.15, -0.1) is 0 Å². The van der Waals surface area contributed by atoms with Crippen molar-refractivity contribution in [2.45, 2.75) is 18.7 Å². The fourth-order valence-electron chi connectivity index (χ4n) is 2.86. The van der Waals surface area contributed by atoms with E-state index in [1.165, 1.54) is 12.1 Å². The van der Waals surface area contributed by atoms with E-state index in [4.69, 9.17) is 11.6 Å². The molecular formula is C22H21ClN2O3S. The van der Waals surface area contributed by atoms with E-state index in [1.54, 1.807) is 61.5 Å². The Hall–Kier alpha value is -2.83. The van der Waals surface area contributed by atoms with Crippen molar-refractivity contribution in [3.8, 4) is 0 Å². The lowest BCUT2D eigenvalue weighted by Gasteiger charge is -2.26. The number of rotatable bonds is 6. The maximum absolute atomic E-state index is 13.4. The minimum atomic E-state index is -3.98. The number of halogens is 1. The molecule has 3 rings (SSSR count). The summed E-state index contributed by atoms with van der Waals surface area (Å²) in [5, 5.41) is 3.16. The molecule has 29 heavy (non-hydrogen) atoms. The van der Waals surface area contributed by atoms with E-state index in [1.807, 2.05) is 13.0 Å². The molecule has 0 atom stereocenters. The Morgan fingerprint density at radius 2 is 1.59 bits per heavy atom. The van der Waals surface area contributed by atoms with Gasteiger partial charge in [0.05, 0.1) is 10.6 Å². The number of hydrogen-bond acceptors (Lipinski definition) is 3. The number of anilines is 2. The van der Waals surface area contributed by atoms with Gasteiger partial charge in [-0.05, 0) is 55.8 Å². The lowest BCUT2D eigenvalue weighted by molar-refractivity contribution is -0.114. The fraction of sp³-hybridized carbons (Fsp3) is 0.136. The Kier molecular flexibility index (Phi) is 6.25. The highest BCUT2D eigenvalue weighted by Crippen LogP contribution is 2.31. The summed E-state index contributed by atoms with van der Waals surface area (Å²) >= 11 is 6.22. The third-order valence-corrected chi connectivity index (χ3v) is 6.64. The maximum Gasteiger partial charge on any atom is 0.264 e. The van der Waals surface area contributed by atoms with Gasteiger partial charge in [0.25, 0.3) is 10.0 Å². The predicted octanol–water partition coefficient (Wildman–Crippen LogP) is 4.79. The average molecular weight is 429 g/mol. The molecule has 0 aromatic heterocycles. The van der Waals surface area contributed by atoms with Crippen molar-refractivity contribution in [2.24, 2.45) is 0 Å². The Balaban J connectivity index is 2.01. The van der Waals surface area contributed by atoms with Gasteiger partial charge in [0.1, 0.15) is 6.54 Å². The zero-order chi connectivity index (χ0) is 21.0. The van der Waals surface area contributed by atoms with Gasteiger partial charge in [0, 0.05) is 10.7 Å². The van der Waals surface area contributed by atoms with Gasteiger partial charge in [0.15, 0.2) is 0 Å². The highest BCUT2D eigenvalue weighted by Gasteiger charge is 2.28. The summed E-state index contributed by atoms with van der Waals surface area (Å²) < 4.78 is 27.9. The topological polar surface area (TPSA) is 66.5 Å². The summed E-state index contributed by atoms with van der Waals surface area (Å²) in [6, 6.07) is 20.4. The molecule has 0 spiro atoms. The van der Waals surface area contributed by atoms with Crippen LogP contribution in [0, 0.1) is 13.8 Å². The largest absolute Gasteiger partial charge is 0.325 e.